The number of likely N-dealkylation sites (tertiary alicyclic amines) is 1. The van der Waals surface area contributed by atoms with Crippen LogP contribution < -0.4 is 0 Å². The van der Waals surface area contributed by atoms with Crippen LogP contribution in [0.5, 0.6) is 0 Å². The average molecular weight is 227 g/mol. The lowest BCUT2D eigenvalue weighted by atomic mass is 9.86. The normalized spacial score (nSPS) is 27.4. The minimum atomic E-state index is 0.113. The summed E-state index contributed by atoms with van der Waals surface area (Å²) >= 11 is 0. The zero-order chi connectivity index (χ0) is 12.0. The van der Waals surface area contributed by atoms with E-state index in [1.807, 2.05) is 0 Å². The maximum absolute atomic E-state index is 9.54. The highest BCUT2D eigenvalue weighted by Crippen LogP contribution is 2.26. The van der Waals surface area contributed by atoms with E-state index in [4.69, 9.17) is 0 Å². The summed E-state index contributed by atoms with van der Waals surface area (Å²) in [7, 11) is 0. The summed E-state index contributed by atoms with van der Waals surface area (Å²) in [5.74, 6) is 0.886. The second-order valence-electron chi connectivity index (χ2n) is 6.03. The minimum Gasteiger partial charge on any atom is -0.396 e. The molecule has 1 heterocycles. The molecule has 1 fully saturated rings. The topological polar surface area (TPSA) is 23.5 Å². The number of aliphatic hydroxyl groups is 1. The number of nitrogens with zero attached hydrogens (tertiary/aromatic N) is 1. The van der Waals surface area contributed by atoms with Gasteiger partial charge in [-0.25, -0.2) is 0 Å². The van der Waals surface area contributed by atoms with E-state index in [0.717, 1.165) is 18.9 Å². The predicted molar refractivity (Wildman–Crippen MR) is 69.6 cm³/mol. The Morgan fingerprint density at radius 3 is 2.69 bits per heavy atom. The molecular formula is C14H29NO. The quantitative estimate of drug-likeness (QED) is 0.780. The highest BCUT2D eigenvalue weighted by atomic mass is 16.3. The lowest BCUT2D eigenvalue weighted by molar-refractivity contribution is 0.0808. The molecule has 2 unspecified atom stereocenters. The van der Waals surface area contributed by atoms with Gasteiger partial charge in [0.15, 0.2) is 0 Å². The molecular weight excluding hydrogens is 198 g/mol. The monoisotopic (exact) mass is 227 g/mol. The van der Waals surface area contributed by atoms with Gasteiger partial charge in [-0.05, 0) is 44.7 Å². The number of hydrogen-bond acceptors (Lipinski definition) is 2. The Kier molecular flexibility index (Phi) is 5.77. The number of hydrogen-bond donors (Lipinski definition) is 1. The maximum atomic E-state index is 9.54. The molecule has 0 amide bonds. The molecule has 96 valence electrons. The zero-order valence-corrected chi connectivity index (χ0v) is 11.3. The largest absolute Gasteiger partial charge is 0.396 e. The van der Waals surface area contributed by atoms with Gasteiger partial charge in [0.25, 0.3) is 0 Å². The van der Waals surface area contributed by atoms with Crippen LogP contribution >= 0.6 is 0 Å². The summed E-state index contributed by atoms with van der Waals surface area (Å²) in [6.07, 6.45) is 6.33. The summed E-state index contributed by atoms with van der Waals surface area (Å²) in [6.45, 7) is 10.6. The van der Waals surface area contributed by atoms with Crippen molar-refractivity contribution in [2.24, 2.45) is 11.3 Å². The van der Waals surface area contributed by atoms with Gasteiger partial charge in [-0.1, -0.05) is 27.2 Å². The van der Waals surface area contributed by atoms with E-state index in [9.17, 15) is 5.11 Å². The van der Waals surface area contributed by atoms with Crippen molar-refractivity contribution in [2.75, 3.05) is 26.2 Å². The first-order valence-corrected chi connectivity index (χ1v) is 6.93. The molecule has 1 aliphatic rings. The lowest BCUT2D eigenvalue weighted by Gasteiger charge is -2.33. The molecule has 0 radical (unpaired) electrons. The number of aliphatic hydroxyl groups excluding tert-OH is 1. The predicted octanol–water partition coefficient (Wildman–Crippen LogP) is 2.91. The summed E-state index contributed by atoms with van der Waals surface area (Å²) < 4.78 is 0. The van der Waals surface area contributed by atoms with Crippen molar-refractivity contribution in [3.63, 3.8) is 0 Å². The van der Waals surface area contributed by atoms with Gasteiger partial charge in [-0.3, -0.25) is 0 Å². The van der Waals surface area contributed by atoms with Crippen molar-refractivity contribution in [1.29, 1.82) is 0 Å². The van der Waals surface area contributed by atoms with E-state index in [2.05, 4.69) is 25.7 Å². The van der Waals surface area contributed by atoms with Crippen molar-refractivity contribution < 1.29 is 5.11 Å². The second-order valence-corrected chi connectivity index (χ2v) is 6.03. The lowest BCUT2D eigenvalue weighted by Crippen LogP contribution is -2.38. The van der Waals surface area contributed by atoms with Crippen LogP contribution in [0.15, 0.2) is 0 Å². The SMILES string of the molecule is CCCC(C)(CO)CN1CCCC(C)CC1. The van der Waals surface area contributed by atoms with Crippen molar-refractivity contribution in [1.82, 2.24) is 4.90 Å². The van der Waals surface area contributed by atoms with Crippen LogP contribution in [0.2, 0.25) is 0 Å². The first-order chi connectivity index (χ1) is 7.59. The maximum Gasteiger partial charge on any atom is 0.0497 e. The van der Waals surface area contributed by atoms with Crippen LogP contribution in [0.25, 0.3) is 0 Å². The fourth-order valence-corrected chi connectivity index (χ4v) is 2.83. The van der Waals surface area contributed by atoms with E-state index in [0.29, 0.717) is 6.61 Å². The van der Waals surface area contributed by atoms with Gasteiger partial charge in [-0.2, -0.15) is 0 Å². The molecule has 1 aliphatic heterocycles. The first-order valence-electron chi connectivity index (χ1n) is 6.93. The molecule has 1 N–H and O–H groups in total. The average Bonchev–Trinajstić information content (AvgIpc) is 2.44. The summed E-state index contributed by atoms with van der Waals surface area (Å²) in [5, 5.41) is 9.54. The van der Waals surface area contributed by atoms with Crippen LogP contribution in [-0.2, 0) is 0 Å². The third-order valence-electron chi connectivity index (χ3n) is 3.95. The third-order valence-corrected chi connectivity index (χ3v) is 3.95. The molecule has 0 bridgehead atoms. The fourth-order valence-electron chi connectivity index (χ4n) is 2.83. The van der Waals surface area contributed by atoms with Gasteiger partial charge in [0.05, 0.1) is 0 Å². The van der Waals surface area contributed by atoms with Crippen LogP contribution in [0.3, 0.4) is 0 Å². The Morgan fingerprint density at radius 2 is 2.06 bits per heavy atom. The zero-order valence-electron chi connectivity index (χ0n) is 11.3. The summed E-state index contributed by atoms with van der Waals surface area (Å²) in [4.78, 5) is 2.56. The third kappa shape index (κ3) is 4.42. The Balaban J connectivity index is 2.44. The molecule has 2 atom stereocenters. The molecule has 1 saturated heterocycles. The van der Waals surface area contributed by atoms with Gasteiger partial charge in [0.1, 0.15) is 0 Å². The Labute approximate surface area is 101 Å². The standard InChI is InChI=1S/C14H29NO/c1-4-8-14(3,12-16)11-15-9-5-6-13(2)7-10-15/h13,16H,4-12H2,1-3H3. The van der Waals surface area contributed by atoms with Gasteiger partial charge < -0.3 is 10.0 Å². The molecule has 0 aromatic carbocycles. The van der Waals surface area contributed by atoms with Gasteiger partial charge in [0, 0.05) is 18.6 Å². The van der Waals surface area contributed by atoms with E-state index in [1.54, 1.807) is 0 Å². The fraction of sp³-hybridized carbons (Fsp3) is 1.00. The van der Waals surface area contributed by atoms with Crippen LogP contribution in [-0.4, -0.2) is 36.2 Å². The summed E-state index contributed by atoms with van der Waals surface area (Å²) in [6, 6.07) is 0. The molecule has 2 nitrogen and oxygen atoms in total. The van der Waals surface area contributed by atoms with Crippen molar-refractivity contribution >= 4 is 0 Å². The smallest absolute Gasteiger partial charge is 0.0497 e. The van der Waals surface area contributed by atoms with Gasteiger partial charge in [0.2, 0.25) is 0 Å². The van der Waals surface area contributed by atoms with Crippen LogP contribution in [0.1, 0.15) is 52.9 Å². The Bertz CT molecular complexity index is 195. The van der Waals surface area contributed by atoms with Crippen molar-refractivity contribution in [2.45, 2.75) is 52.9 Å². The van der Waals surface area contributed by atoms with Crippen molar-refractivity contribution in [3.05, 3.63) is 0 Å². The van der Waals surface area contributed by atoms with E-state index in [-0.39, 0.29) is 5.41 Å². The molecule has 16 heavy (non-hydrogen) atoms. The first kappa shape index (κ1) is 14.0. The minimum absolute atomic E-state index is 0.113. The molecule has 2 heteroatoms. The number of rotatable bonds is 5. The van der Waals surface area contributed by atoms with Crippen molar-refractivity contribution in [3.8, 4) is 0 Å². The molecule has 0 spiro atoms. The summed E-state index contributed by atoms with van der Waals surface area (Å²) in [5.41, 5.74) is 0.113. The molecule has 0 aromatic rings. The highest BCUT2D eigenvalue weighted by Gasteiger charge is 2.26. The Hall–Kier alpha value is -0.0800. The molecule has 0 saturated carbocycles. The molecule has 0 aliphatic carbocycles. The van der Waals surface area contributed by atoms with E-state index >= 15 is 0 Å². The van der Waals surface area contributed by atoms with E-state index in [1.165, 1.54) is 38.8 Å². The van der Waals surface area contributed by atoms with E-state index < -0.39 is 0 Å². The van der Waals surface area contributed by atoms with Crippen LogP contribution in [0.4, 0.5) is 0 Å². The second kappa shape index (κ2) is 6.61. The molecule has 0 aromatic heterocycles. The van der Waals surface area contributed by atoms with Gasteiger partial charge >= 0.3 is 0 Å². The van der Waals surface area contributed by atoms with Gasteiger partial charge in [-0.15, -0.1) is 0 Å². The highest BCUT2D eigenvalue weighted by molar-refractivity contribution is 4.79. The Morgan fingerprint density at radius 1 is 1.31 bits per heavy atom. The molecule has 1 rings (SSSR count). The van der Waals surface area contributed by atoms with Crippen LogP contribution in [0, 0.1) is 11.3 Å².